The van der Waals surface area contributed by atoms with Gasteiger partial charge in [-0.2, -0.15) is 0 Å². The zero-order valence-electron chi connectivity index (χ0n) is 10.0. The molecule has 0 aliphatic carbocycles. The van der Waals surface area contributed by atoms with E-state index < -0.39 is 0 Å². The highest BCUT2D eigenvalue weighted by Crippen LogP contribution is 2.12. The number of ether oxygens (including phenoxy) is 2. The van der Waals surface area contributed by atoms with Crippen molar-refractivity contribution in [2.75, 3.05) is 19.8 Å². The van der Waals surface area contributed by atoms with E-state index in [1.807, 2.05) is 0 Å². The fourth-order valence-corrected chi connectivity index (χ4v) is 1.44. The van der Waals surface area contributed by atoms with Gasteiger partial charge in [-0.05, 0) is 12.3 Å². The second-order valence-corrected chi connectivity index (χ2v) is 3.81. The summed E-state index contributed by atoms with van der Waals surface area (Å²) < 4.78 is 10.1. The fourth-order valence-electron chi connectivity index (χ4n) is 1.44. The lowest BCUT2D eigenvalue weighted by molar-refractivity contribution is -0.129. The normalized spacial score (nSPS) is 12.4. The number of carbonyl (C=O) groups is 1. The Morgan fingerprint density at radius 1 is 1.20 bits per heavy atom. The van der Waals surface area contributed by atoms with Gasteiger partial charge in [0.2, 0.25) is 0 Å². The van der Waals surface area contributed by atoms with Gasteiger partial charge in [0.25, 0.3) is 6.47 Å². The van der Waals surface area contributed by atoms with Crippen LogP contribution in [0.5, 0.6) is 0 Å². The van der Waals surface area contributed by atoms with Crippen LogP contribution in [0.15, 0.2) is 0 Å². The molecule has 0 aromatic carbocycles. The van der Waals surface area contributed by atoms with Crippen LogP contribution in [-0.2, 0) is 14.3 Å². The van der Waals surface area contributed by atoms with Gasteiger partial charge in [0, 0.05) is 19.6 Å². The highest BCUT2D eigenvalue weighted by atomic mass is 16.5. The molecule has 0 bridgehead atoms. The maximum Gasteiger partial charge on any atom is 0.293 e. The molecule has 0 N–H and O–H groups in total. The first kappa shape index (κ1) is 14.4. The average Bonchev–Trinajstić information content (AvgIpc) is 2.27. The molecule has 0 fully saturated rings. The van der Waals surface area contributed by atoms with E-state index in [9.17, 15) is 4.79 Å². The van der Waals surface area contributed by atoms with E-state index in [2.05, 4.69) is 18.6 Å². The number of unbranched alkanes of at least 4 members (excludes halogenated alkanes) is 1. The second-order valence-electron chi connectivity index (χ2n) is 3.81. The molecule has 0 saturated heterocycles. The molecule has 3 heteroatoms. The largest absolute Gasteiger partial charge is 0.468 e. The topological polar surface area (TPSA) is 35.5 Å². The summed E-state index contributed by atoms with van der Waals surface area (Å²) in [5, 5.41) is 0. The highest BCUT2D eigenvalue weighted by molar-refractivity contribution is 5.36. The summed E-state index contributed by atoms with van der Waals surface area (Å²) in [7, 11) is 0. The predicted octanol–water partition coefficient (Wildman–Crippen LogP) is 2.78. The Balaban J connectivity index is 3.25. The number of rotatable bonds is 11. The molecular formula is C12H24O3. The third-order valence-electron chi connectivity index (χ3n) is 2.52. The lowest BCUT2D eigenvalue weighted by Crippen LogP contribution is -2.10. The van der Waals surface area contributed by atoms with Gasteiger partial charge in [-0.25, -0.2) is 0 Å². The zero-order chi connectivity index (χ0) is 11.4. The van der Waals surface area contributed by atoms with Crippen molar-refractivity contribution in [2.24, 2.45) is 5.92 Å². The van der Waals surface area contributed by atoms with Gasteiger partial charge in [-0.1, -0.05) is 33.1 Å². The van der Waals surface area contributed by atoms with Crippen LogP contribution in [0.1, 0.15) is 46.0 Å². The van der Waals surface area contributed by atoms with Gasteiger partial charge in [-0.3, -0.25) is 4.79 Å². The SMILES string of the molecule is CCCCC(CC)COCCCOC=O. The van der Waals surface area contributed by atoms with Crippen molar-refractivity contribution in [3.63, 3.8) is 0 Å². The molecule has 0 aliphatic rings. The van der Waals surface area contributed by atoms with Crippen molar-refractivity contribution in [3.05, 3.63) is 0 Å². The molecule has 0 spiro atoms. The van der Waals surface area contributed by atoms with Crippen LogP contribution in [0.3, 0.4) is 0 Å². The van der Waals surface area contributed by atoms with Crippen LogP contribution in [-0.4, -0.2) is 26.3 Å². The Labute approximate surface area is 93.1 Å². The molecule has 3 nitrogen and oxygen atoms in total. The Morgan fingerprint density at radius 2 is 2.00 bits per heavy atom. The Morgan fingerprint density at radius 3 is 2.60 bits per heavy atom. The summed E-state index contributed by atoms with van der Waals surface area (Å²) >= 11 is 0. The zero-order valence-corrected chi connectivity index (χ0v) is 10.0. The second kappa shape index (κ2) is 11.5. The summed E-state index contributed by atoms with van der Waals surface area (Å²) in [5.41, 5.74) is 0. The van der Waals surface area contributed by atoms with E-state index in [0.717, 1.165) is 13.0 Å². The quantitative estimate of drug-likeness (QED) is 0.393. The maximum atomic E-state index is 9.85. The first-order valence-corrected chi connectivity index (χ1v) is 5.98. The highest BCUT2D eigenvalue weighted by Gasteiger charge is 2.05. The Kier molecular flexibility index (Phi) is 11.1. The minimum absolute atomic E-state index is 0.468. The van der Waals surface area contributed by atoms with Crippen LogP contribution in [0.4, 0.5) is 0 Å². The molecule has 1 atom stereocenters. The molecule has 0 radical (unpaired) electrons. The lowest BCUT2D eigenvalue weighted by Gasteiger charge is -2.14. The van der Waals surface area contributed by atoms with E-state index in [1.54, 1.807) is 0 Å². The molecule has 0 aromatic rings. The van der Waals surface area contributed by atoms with Gasteiger partial charge < -0.3 is 9.47 Å². The van der Waals surface area contributed by atoms with Gasteiger partial charge in [0.05, 0.1) is 6.61 Å². The smallest absolute Gasteiger partial charge is 0.293 e. The van der Waals surface area contributed by atoms with Crippen molar-refractivity contribution in [1.29, 1.82) is 0 Å². The van der Waals surface area contributed by atoms with E-state index in [-0.39, 0.29) is 0 Å². The number of hydrogen-bond donors (Lipinski definition) is 0. The molecule has 1 unspecified atom stereocenters. The Bertz CT molecular complexity index is 137. The Hall–Kier alpha value is -0.570. The molecule has 15 heavy (non-hydrogen) atoms. The van der Waals surface area contributed by atoms with Gasteiger partial charge in [0.1, 0.15) is 0 Å². The molecule has 0 aliphatic heterocycles. The summed E-state index contributed by atoms with van der Waals surface area (Å²) in [4.78, 5) is 9.85. The van der Waals surface area contributed by atoms with E-state index >= 15 is 0 Å². The third kappa shape index (κ3) is 9.73. The molecule has 0 rings (SSSR count). The summed E-state index contributed by atoms with van der Waals surface area (Å²) in [5.74, 6) is 0.692. The molecule has 0 saturated carbocycles. The van der Waals surface area contributed by atoms with E-state index in [1.165, 1.54) is 25.7 Å². The molecule has 0 heterocycles. The van der Waals surface area contributed by atoms with Crippen molar-refractivity contribution in [3.8, 4) is 0 Å². The average molecular weight is 216 g/mol. The molecule has 90 valence electrons. The van der Waals surface area contributed by atoms with Crippen LogP contribution >= 0.6 is 0 Å². The summed E-state index contributed by atoms with van der Waals surface area (Å²) in [6, 6.07) is 0. The minimum atomic E-state index is 0.468. The fraction of sp³-hybridized carbons (Fsp3) is 0.917. The monoisotopic (exact) mass is 216 g/mol. The van der Waals surface area contributed by atoms with Crippen LogP contribution in [0.2, 0.25) is 0 Å². The number of carbonyl (C=O) groups excluding carboxylic acids is 1. The van der Waals surface area contributed by atoms with Gasteiger partial charge >= 0.3 is 0 Å². The van der Waals surface area contributed by atoms with E-state index in [0.29, 0.717) is 25.6 Å². The standard InChI is InChI=1S/C12H24O3/c1-3-5-7-12(4-2)10-14-8-6-9-15-11-13/h11-12H,3-10H2,1-2H3. The third-order valence-corrected chi connectivity index (χ3v) is 2.52. The lowest BCUT2D eigenvalue weighted by atomic mass is 10.0. The summed E-state index contributed by atoms with van der Waals surface area (Å²) in [6.45, 7) is 6.91. The predicted molar refractivity (Wildman–Crippen MR) is 60.8 cm³/mol. The first-order valence-electron chi connectivity index (χ1n) is 5.98. The van der Waals surface area contributed by atoms with Gasteiger partial charge in [-0.15, -0.1) is 0 Å². The van der Waals surface area contributed by atoms with Crippen LogP contribution in [0.25, 0.3) is 0 Å². The number of hydrogen-bond acceptors (Lipinski definition) is 3. The van der Waals surface area contributed by atoms with Crippen molar-refractivity contribution < 1.29 is 14.3 Å². The minimum Gasteiger partial charge on any atom is -0.468 e. The van der Waals surface area contributed by atoms with Crippen molar-refractivity contribution in [1.82, 2.24) is 0 Å². The molecule has 0 aromatic heterocycles. The van der Waals surface area contributed by atoms with Crippen molar-refractivity contribution >= 4 is 6.47 Å². The van der Waals surface area contributed by atoms with Crippen LogP contribution in [0, 0.1) is 5.92 Å². The first-order chi connectivity index (χ1) is 7.35. The molecule has 0 amide bonds. The molecular weight excluding hydrogens is 192 g/mol. The van der Waals surface area contributed by atoms with Gasteiger partial charge in [0.15, 0.2) is 0 Å². The van der Waals surface area contributed by atoms with Crippen LogP contribution < -0.4 is 0 Å². The maximum absolute atomic E-state index is 9.85. The summed E-state index contributed by atoms with van der Waals surface area (Å²) in [6.07, 6.45) is 5.78. The van der Waals surface area contributed by atoms with E-state index in [4.69, 9.17) is 4.74 Å². The van der Waals surface area contributed by atoms with Crippen molar-refractivity contribution in [2.45, 2.75) is 46.0 Å².